The van der Waals surface area contributed by atoms with E-state index in [1.165, 1.54) is 35.4 Å². The largest absolute Gasteiger partial charge is 0.741 e. The van der Waals surface area contributed by atoms with Crippen molar-refractivity contribution in [1.82, 2.24) is 19.3 Å². The van der Waals surface area contributed by atoms with Gasteiger partial charge in [-0.25, -0.2) is 26.8 Å². The number of rotatable bonds is 3. The molecule has 3 aromatic carbocycles. The van der Waals surface area contributed by atoms with E-state index in [0.29, 0.717) is 0 Å². The second-order valence-electron chi connectivity index (χ2n) is 11.9. The van der Waals surface area contributed by atoms with Crippen molar-refractivity contribution in [3.8, 4) is 11.5 Å². The van der Waals surface area contributed by atoms with Gasteiger partial charge in [-0.05, 0) is 66.7 Å². The number of alkyl halides is 6. The number of benzene rings is 3. The molecule has 0 bridgehead atoms. The average Bonchev–Trinajstić information content (AvgIpc) is 3.29. The van der Waals surface area contributed by atoms with Crippen LogP contribution in [0.15, 0.2) is 165 Å². The van der Waals surface area contributed by atoms with Gasteiger partial charge in [0.05, 0.1) is 21.2 Å². The summed E-state index contributed by atoms with van der Waals surface area (Å²) in [7, 11) is -12.2. The number of para-hydroxylation sites is 3. The van der Waals surface area contributed by atoms with E-state index in [2.05, 4.69) is 43.7 Å². The number of halogens is 6. The Morgan fingerprint density at radius 3 is 1.31 bits per heavy atom. The van der Waals surface area contributed by atoms with E-state index >= 15 is 0 Å². The first-order valence-corrected chi connectivity index (χ1v) is 22.6. The summed E-state index contributed by atoms with van der Waals surface area (Å²) >= 11 is 4.43. The maximum atomic E-state index is 10.7. The van der Waals surface area contributed by atoms with Crippen LogP contribution in [0.2, 0.25) is 0 Å². The van der Waals surface area contributed by atoms with Crippen molar-refractivity contribution >= 4 is 88.9 Å². The summed E-state index contributed by atoms with van der Waals surface area (Å²) in [5, 5.41) is 6.56. The number of hydrogen-bond donors (Lipinski definition) is 2. The predicted molar refractivity (Wildman–Crippen MR) is 229 cm³/mol. The number of H-pyrrole nitrogens is 1. The maximum Gasteiger partial charge on any atom is 0.485 e. The number of nitrogens with one attached hydrogen (secondary N) is 3. The van der Waals surface area contributed by atoms with Crippen LogP contribution in [0.1, 0.15) is 11.4 Å². The SMILES string of the molecule is O=S(=O)([O-])C(F)(F)F.O=S(=O)([O-])C(F)(F)F.[Fe].c1ccc(-c2n[s+]c3ccccc3[nH+]2)nc1.c1ccc(C2=NSc3ccccc3N2)nc1.c1ccc(C2=NSc3ccccc3N2)nc1. The first-order valence-electron chi connectivity index (χ1n) is 17.4. The van der Waals surface area contributed by atoms with Crippen LogP contribution in [-0.4, -0.2) is 68.0 Å². The number of anilines is 2. The quantitative estimate of drug-likeness (QED) is 0.0423. The molecule has 0 unspecified atom stereocenters. The topological polar surface area (TPSA) is 229 Å². The Labute approximate surface area is 389 Å². The van der Waals surface area contributed by atoms with Gasteiger partial charge in [-0.3, -0.25) is 9.97 Å². The number of aromatic amines is 1. The van der Waals surface area contributed by atoms with Gasteiger partial charge in [-0.2, -0.15) is 35.1 Å². The molecule has 0 aliphatic carbocycles. The van der Waals surface area contributed by atoms with Crippen molar-refractivity contribution in [3.05, 3.63) is 157 Å². The van der Waals surface area contributed by atoms with Gasteiger partial charge < -0.3 is 19.7 Å². The van der Waals surface area contributed by atoms with Crippen LogP contribution in [0.5, 0.6) is 0 Å². The molecule has 2 aliphatic heterocycles. The van der Waals surface area contributed by atoms with E-state index in [-0.39, 0.29) is 17.1 Å². The Hall–Kier alpha value is -5.64. The van der Waals surface area contributed by atoms with Crippen molar-refractivity contribution in [3.63, 3.8) is 0 Å². The molecule has 3 N–H and O–H groups in total. The van der Waals surface area contributed by atoms with Gasteiger partial charge in [0.25, 0.3) is 0 Å². The molecule has 0 saturated heterocycles. The fraction of sp³-hybridized carbons (Fsp3) is 0.0526. The third-order valence-electron chi connectivity index (χ3n) is 7.42. The number of aromatic nitrogens is 5. The van der Waals surface area contributed by atoms with Gasteiger partial charge in [0.15, 0.2) is 43.1 Å². The van der Waals surface area contributed by atoms with Gasteiger partial charge in [0.1, 0.15) is 11.4 Å². The van der Waals surface area contributed by atoms with E-state index in [4.69, 9.17) is 25.9 Å². The molecule has 0 fully saturated rings. The van der Waals surface area contributed by atoms with E-state index in [9.17, 15) is 26.3 Å². The second kappa shape index (κ2) is 23.5. The van der Waals surface area contributed by atoms with Gasteiger partial charge in [0, 0.05) is 65.6 Å². The maximum absolute atomic E-state index is 10.7. The summed E-state index contributed by atoms with van der Waals surface area (Å²) < 4.78 is 132. The molecular formula is C38H27F6FeN9O6S5. The summed E-state index contributed by atoms with van der Waals surface area (Å²) in [4.78, 5) is 18.4. The third kappa shape index (κ3) is 15.8. The molecule has 0 amide bonds. The summed E-state index contributed by atoms with van der Waals surface area (Å²) in [6.07, 6.45) is 5.31. The molecule has 7 aromatic rings. The molecule has 15 nitrogen and oxygen atoms in total. The number of pyridine rings is 3. The minimum atomic E-state index is -6.09. The van der Waals surface area contributed by atoms with Crippen LogP contribution in [-0.2, 0) is 37.3 Å². The van der Waals surface area contributed by atoms with Crippen LogP contribution in [0.4, 0.5) is 37.7 Å². The Bertz CT molecular complexity index is 2810. The number of amidine groups is 2. The minimum Gasteiger partial charge on any atom is -0.741 e. The molecule has 0 saturated carbocycles. The molecule has 27 heteroatoms. The zero-order chi connectivity index (χ0) is 46.4. The Balaban J connectivity index is 0.000000183. The average molecular weight is 1040 g/mol. The molecule has 0 spiro atoms. The summed E-state index contributed by atoms with van der Waals surface area (Å²) in [5.74, 6) is 2.43. The Morgan fingerprint density at radius 1 is 0.538 bits per heavy atom. The van der Waals surface area contributed by atoms with Gasteiger partial charge in [-0.15, -0.1) is 0 Å². The molecule has 4 aromatic heterocycles. The first-order chi connectivity index (χ1) is 30.3. The molecule has 6 heterocycles. The summed E-state index contributed by atoms with van der Waals surface area (Å²) in [5.41, 5.74) is -5.44. The van der Waals surface area contributed by atoms with Gasteiger partial charge >= 0.3 is 33.1 Å². The molecule has 2 aliphatic rings. The zero-order valence-electron chi connectivity index (χ0n) is 32.2. The van der Waals surface area contributed by atoms with Crippen LogP contribution in [0.25, 0.3) is 21.7 Å². The Kier molecular flexibility index (Phi) is 18.8. The van der Waals surface area contributed by atoms with Crippen LogP contribution in [0, 0.1) is 0 Å². The number of nitrogens with zero attached hydrogens (tertiary/aromatic N) is 6. The summed E-state index contributed by atoms with van der Waals surface area (Å²) in [6.45, 7) is 0. The van der Waals surface area contributed by atoms with E-state index in [1.54, 1.807) is 18.6 Å². The molecule has 0 radical (unpaired) electrons. The smallest absolute Gasteiger partial charge is 0.485 e. The van der Waals surface area contributed by atoms with Crippen molar-refractivity contribution in [2.24, 2.45) is 8.80 Å². The van der Waals surface area contributed by atoms with E-state index in [0.717, 1.165) is 66.0 Å². The van der Waals surface area contributed by atoms with Crippen LogP contribution >= 0.6 is 35.4 Å². The fourth-order valence-corrected chi connectivity index (χ4v) is 6.58. The monoisotopic (exact) mass is 1030 g/mol. The number of fused-ring (bicyclic) bond motifs is 3. The van der Waals surface area contributed by atoms with Crippen molar-refractivity contribution in [2.45, 2.75) is 20.8 Å². The van der Waals surface area contributed by atoms with E-state index < -0.39 is 31.3 Å². The molecular weight excluding hydrogens is 1010 g/mol. The second-order valence-corrected chi connectivity index (χ2v) is 17.1. The van der Waals surface area contributed by atoms with Crippen LogP contribution < -0.4 is 15.6 Å². The Morgan fingerprint density at radius 2 is 0.908 bits per heavy atom. The molecule has 0 atom stereocenters. The van der Waals surface area contributed by atoms with Crippen molar-refractivity contribution in [2.75, 3.05) is 10.6 Å². The first kappa shape index (κ1) is 52.0. The van der Waals surface area contributed by atoms with E-state index in [1.807, 2.05) is 127 Å². The minimum absolute atomic E-state index is 0. The standard InChI is InChI=1S/2C12H9N3S.C12H8N3S.2CHF3O3S.Fe/c3*1-2-7-11-9(5-1)14-12(15-16-11)10-6-3-4-8-13-10;2*2-1(3,4)8(5,6)7;/h2*1-8H,(H,14,15);1-8H;2*(H,5,6,7);/q;;+1;;;/p-1. The fourth-order valence-electron chi connectivity index (χ4n) is 4.53. The van der Waals surface area contributed by atoms with Crippen molar-refractivity contribution in [1.29, 1.82) is 0 Å². The zero-order valence-corrected chi connectivity index (χ0v) is 37.3. The van der Waals surface area contributed by atoms with Crippen molar-refractivity contribution < 1.29 is 74.3 Å². The van der Waals surface area contributed by atoms with Crippen LogP contribution in [0.3, 0.4) is 0 Å². The number of hydrogen-bond acceptors (Lipinski definition) is 16. The van der Waals surface area contributed by atoms with Gasteiger partial charge in [-0.1, -0.05) is 54.6 Å². The molecule has 9 rings (SSSR count). The molecule has 340 valence electrons. The van der Waals surface area contributed by atoms with Gasteiger partial charge in [0.2, 0.25) is 4.37 Å². The third-order valence-corrected chi connectivity index (χ3v) is 11.0. The normalized spacial score (nSPS) is 12.7. The predicted octanol–water partition coefficient (Wildman–Crippen LogP) is 8.48. The summed E-state index contributed by atoms with van der Waals surface area (Å²) in [6, 6.07) is 41.7. The molecule has 65 heavy (non-hydrogen) atoms.